The number of benzene rings is 1. The maximum absolute atomic E-state index is 9.55. The second-order valence-electron chi connectivity index (χ2n) is 6.56. The summed E-state index contributed by atoms with van der Waals surface area (Å²) in [5, 5.41) is 15.6. The Balaban J connectivity index is 0.000000242. The van der Waals surface area contributed by atoms with Gasteiger partial charge in [0, 0.05) is 24.3 Å². The fourth-order valence-corrected chi connectivity index (χ4v) is 3.58. The van der Waals surface area contributed by atoms with Crippen molar-refractivity contribution in [2.24, 2.45) is 4.99 Å². The number of hydrogen-bond acceptors (Lipinski definition) is 4. The number of methoxy groups -OCH3 is 1. The monoisotopic (exact) mass is 382 g/mol. The van der Waals surface area contributed by atoms with E-state index >= 15 is 0 Å². The summed E-state index contributed by atoms with van der Waals surface area (Å²) in [6.07, 6.45) is 3.36. The summed E-state index contributed by atoms with van der Waals surface area (Å²) >= 11 is 0. The van der Waals surface area contributed by atoms with E-state index in [0.29, 0.717) is 12.2 Å². The minimum Gasteiger partial charge on any atom is -0.497 e. The van der Waals surface area contributed by atoms with Gasteiger partial charge in [0.15, 0.2) is 0 Å². The van der Waals surface area contributed by atoms with E-state index in [9.17, 15) is 9.59 Å². The number of rotatable bonds is 3. The molecule has 1 aromatic heterocycles. The molecule has 0 saturated heterocycles. The predicted octanol–water partition coefficient (Wildman–Crippen LogP) is 2.80. The molecule has 0 amide bonds. The Labute approximate surface area is 162 Å². The summed E-state index contributed by atoms with van der Waals surface area (Å²) in [5.41, 5.74) is 8.06. The zero-order valence-corrected chi connectivity index (χ0v) is 15.8. The Morgan fingerprint density at radius 2 is 1.79 bits per heavy atom. The van der Waals surface area contributed by atoms with Gasteiger partial charge in [0.1, 0.15) is 5.75 Å². The summed E-state index contributed by atoms with van der Waals surface area (Å²) in [4.78, 5) is 23.7. The molecule has 7 nitrogen and oxygen atoms in total. The average molecular weight is 382 g/mol. The van der Waals surface area contributed by atoms with Gasteiger partial charge in [0.25, 0.3) is 0 Å². The molecule has 2 aromatic rings. The molecule has 146 valence electrons. The van der Waals surface area contributed by atoms with Gasteiger partial charge in [-0.1, -0.05) is 6.07 Å². The third kappa shape index (κ3) is 3.98. The van der Waals surface area contributed by atoms with E-state index in [-0.39, 0.29) is 0 Å². The first-order valence-corrected chi connectivity index (χ1v) is 8.95. The highest BCUT2D eigenvalue weighted by Gasteiger charge is 2.25. The molecule has 0 bridgehead atoms. The maximum Gasteiger partial charge on any atom is 0.328 e. The van der Waals surface area contributed by atoms with E-state index in [4.69, 9.17) is 14.9 Å². The molecular weight excluding hydrogens is 360 g/mol. The zero-order chi connectivity index (χ0) is 20.3. The number of nitrogens with zero attached hydrogens (tertiary/aromatic N) is 2. The molecule has 1 aliphatic heterocycles. The molecule has 0 saturated carbocycles. The zero-order valence-electron chi connectivity index (χ0n) is 15.8. The molecule has 0 fully saturated rings. The molecule has 0 spiro atoms. The molecule has 1 aliphatic carbocycles. The molecular formula is C21H22N2O5. The third-order valence-corrected chi connectivity index (χ3v) is 4.82. The quantitative estimate of drug-likeness (QED) is 0.795. The van der Waals surface area contributed by atoms with Crippen molar-refractivity contribution in [3.05, 3.63) is 53.2 Å². The van der Waals surface area contributed by atoms with Crippen LogP contribution in [0.4, 0.5) is 0 Å². The maximum atomic E-state index is 9.55. The molecule has 4 rings (SSSR count). The topological polar surface area (TPSA) is 101 Å². The molecule has 1 aromatic carbocycles. The number of hydrogen-bond donors (Lipinski definition) is 2. The summed E-state index contributed by atoms with van der Waals surface area (Å²) < 4.78 is 7.84. The minimum atomic E-state index is -1.26. The lowest BCUT2D eigenvalue weighted by molar-refractivity contribution is -0.134. The van der Waals surface area contributed by atoms with Gasteiger partial charge in [-0.2, -0.15) is 0 Å². The van der Waals surface area contributed by atoms with Crippen molar-refractivity contribution in [2.75, 3.05) is 13.7 Å². The minimum absolute atomic E-state index is 0.558. The lowest BCUT2D eigenvalue weighted by Gasteiger charge is -2.22. The molecule has 7 heteroatoms. The van der Waals surface area contributed by atoms with E-state index in [1.54, 1.807) is 7.11 Å². The highest BCUT2D eigenvalue weighted by molar-refractivity contribution is 5.99. The molecule has 0 unspecified atom stereocenters. The average Bonchev–Trinajstić information content (AvgIpc) is 3.07. The predicted molar refractivity (Wildman–Crippen MR) is 105 cm³/mol. The van der Waals surface area contributed by atoms with Crippen LogP contribution < -0.4 is 4.74 Å². The number of fused-ring (bicyclic) bond motifs is 5. The molecule has 2 aliphatic rings. The number of aromatic nitrogens is 1. The Bertz CT molecular complexity index is 969. The van der Waals surface area contributed by atoms with Crippen LogP contribution in [0.5, 0.6) is 5.75 Å². The molecule has 28 heavy (non-hydrogen) atoms. The smallest absolute Gasteiger partial charge is 0.328 e. The van der Waals surface area contributed by atoms with Crippen molar-refractivity contribution in [2.45, 2.75) is 26.3 Å². The Morgan fingerprint density at radius 1 is 1.11 bits per heavy atom. The van der Waals surface area contributed by atoms with E-state index in [2.05, 4.69) is 40.7 Å². The van der Waals surface area contributed by atoms with Crippen LogP contribution in [0.2, 0.25) is 0 Å². The highest BCUT2D eigenvalue weighted by Crippen LogP contribution is 2.38. The number of carbonyl (C=O) groups is 2. The largest absolute Gasteiger partial charge is 0.497 e. The molecule has 0 atom stereocenters. The van der Waals surface area contributed by atoms with Crippen molar-refractivity contribution < 1.29 is 24.5 Å². The van der Waals surface area contributed by atoms with Crippen molar-refractivity contribution in [3.63, 3.8) is 0 Å². The second-order valence-corrected chi connectivity index (χ2v) is 6.56. The standard InChI is InChI=1S/C17H18N2O.C4H4O4/c1-11-16-9-13-4-3-12-5-6-14(20-2)10-15(12)17(13)19(16)8-7-18-11;5-3(6)1-2-4(7)8/h5-6,9-10H,3-4,7-8H2,1-2H3;1-2H,(H,5,6)(H,7,8). The Morgan fingerprint density at radius 3 is 2.43 bits per heavy atom. The number of aryl methyl sites for hydroxylation is 2. The first-order valence-electron chi connectivity index (χ1n) is 8.95. The first kappa shape index (κ1) is 19.4. The van der Waals surface area contributed by atoms with Crippen LogP contribution in [0.15, 0.2) is 41.4 Å². The van der Waals surface area contributed by atoms with Gasteiger partial charge in [-0.3, -0.25) is 4.99 Å². The van der Waals surface area contributed by atoms with Crippen molar-refractivity contribution in [3.8, 4) is 17.0 Å². The van der Waals surface area contributed by atoms with Gasteiger partial charge in [-0.15, -0.1) is 0 Å². The number of carboxylic acid groups (broad SMARTS) is 2. The SMILES string of the molecule is COc1ccc2c(c1)-c1c(cc3n1CCN=C3C)CC2.O=C(O)C=CC(=O)O. The van der Waals surface area contributed by atoms with Crippen LogP contribution in [-0.2, 0) is 29.0 Å². The van der Waals surface area contributed by atoms with Gasteiger partial charge in [-0.05, 0) is 49.1 Å². The van der Waals surface area contributed by atoms with Crippen molar-refractivity contribution in [1.29, 1.82) is 0 Å². The van der Waals surface area contributed by atoms with E-state index in [1.807, 2.05) is 0 Å². The highest BCUT2D eigenvalue weighted by atomic mass is 16.5. The van der Waals surface area contributed by atoms with E-state index < -0.39 is 11.9 Å². The van der Waals surface area contributed by atoms with E-state index in [1.165, 1.54) is 28.1 Å². The second kappa shape index (κ2) is 8.12. The molecule has 2 heterocycles. The number of aliphatic imine (C=N–C) groups is 1. The summed E-state index contributed by atoms with van der Waals surface area (Å²) in [5.74, 6) is -1.58. The lowest BCUT2D eigenvalue weighted by atomic mass is 9.90. The third-order valence-electron chi connectivity index (χ3n) is 4.82. The van der Waals surface area contributed by atoms with Gasteiger partial charge >= 0.3 is 11.9 Å². The molecule has 2 N–H and O–H groups in total. The molecule has 0 radical (unpaired) electrons. The Kier molecular flexibility index (Phi) is 5.63. The van der Waals surface area contributed by atoms with Gasteiger partial charge in [0.05, 0.1) is 30.8 Å². The fraction of sp³-hybridized carbons (Fsp3) is 0.286. The van der Waals surface area contributed by atoms with Crippen LogP contribution in [0.25, 0.3) is 11.3 Å². The van der Waals surface area contributed by atoms with Gasteiger partial charge in [0.2, 0.25) is 0 Å². The summed E-state index contributed by atoms with van der Waals surface area (Å²) in [6, 6.07) is 8.79. The summed E-state index contributed by atoms with van der Waals surface area (Å²) in [6.45, 7) is 3.99. The van der Waals surface area contributed by atoms with Crippen LogP contribution in [0, 0.1) is 0 Å². The fourth-order valence-electron chi connectivity index (χ4n) is 3.58. The van der Waals surface area contributed by atoms with Crippen LogP contribution in [0.1, 0.15) is 23.7 Å². The number of aliphatic carboxylic acids is 2. The normalized spacial score (nSPS) is 14.1. The van der Waals surface area contributed by atoms with Gasteiger partial charge in [-0.25, -0.2) is 9.59 Å². The Hall–Kier alpha value is -3.35. The first-order chi connectivity index (χ1) is 13.4. The number of carboxylic acids is 2. The summed E-state index contributed by atoms with van der Waals surface area (Å²) in [7, 11) is 1.73. The van der Waals surface area contributed by atoms with Crippen LogP contribution in [-0.4, -0.2) is 46.1 Å². The van der Waals surface area contributed by atoms with E-state index in [0.717, 1.165) is 37.4 Å². The number of ether oxygens (including phenoxy) is 1. The van der Waals surface area contributed by atoms with Crippen LogP contribution >= 0.6 is 0 Å². The van der Waals surface area contributed by atoms with Crippen LogP contribution in [0.3, 0.4) is 0 Å². The van der Waals surface area contributed by atoms with Gasteiger partial charge < -0.3 is 19.5 Å². The van der Waals surface area contributed by atoms with Crippen molar-refractivity contribution >= 4 is 17.7 Å². The van der Waals surface area contributed by atoms with Crippen molar-refractivity contribution in [1.82, 2.24) is 4.57 Å². The lowest BCUT2D eigenvalue weighted by Crippen LogP contribution is -2.17.